The largest absolute Gasteiger partial charge is 0.340 e. The van der Waals surface area contributed by atoms with Gasteiger partial charge >= 0.3 is 0 Å². The average molecular weight is 254 g/mol. The molecule has 1 N–H and O–H groups in total. The smallest absolute Gasteiger partial charge is 0.248 e. The van der Waals surface area contributed by atoms with Crippen LogP contribution in [-0.4, -0.2) is 34.8 Å². The van der Waals surface area contributed by atoms with Crippen LogP contribution in [0.3, 0.4) is 0 Å². The molecule has 1 atom stereocenters. The van der Waals surface area contributed by atoms with Crippen LogP contribution in [-0.2, 0) is 9.59 Å². The number of piperazine rings is 1. The predicted octanol–water partition coefficient (Wildman–Crippen LogP) is 2.08. The second-order valence-electron chi connectivity index (χ2n) is 5.70. The van der Waals surface area contributed by atoms with E-state index < -0.39 is 5.54 Å². The highest BCUT2D eigenvalue weighted by Crippen LogP contribution is 2.18. The van der Waals surface area contributed by atoms with Crippen LogP contribution in [0.5, 0.6) is 0 Å². The van der Waals surface area contributed by atoms with Crippen molar-refractivity contribution in [3.63, 3.8) is 0 Å². The van der Waals surface area contributed by atoms with Gasteiger partial charge in [0.25, 0.3) is 0 Å². The van der Waals surface area contributed by atoms with E-state index in [1.165, 1.54) is 19.3 Å². The molecular weight excluding hydrogens is 228 g/mol. The van der Waals surface area contributed by atoms with E-state index in [4.69, 9.17) is 0 Å². The maximum absolute atomic E-state index is 12.2. The molecule has 1 aliphatic rings. The monoisotopic (exact) mass is 254 g/mol. The zero-order valence-corrected chi connectivity index (χ0v) is 12.1. The second-order valence-corrected chi connectivity index (χ2v) is 5.70. The van der Waals surface area contributed by atoms with Crippen molar-refractivity contribution in [2.24, 2.45) is 0 Å². The number of hydrogen-bond acceptors (Lipinski definition) is 2. The summed E-state index contributed by atoms with van der Waals surface area (Å²) in [6.07, 6.45) is 5.79. The van der Waals surface area contributed by atoms with Gasteiger partial charge in [0.2, 0.25) is 11.8 Å². The normalized spacial score (nSPS) is 23.1. The Morgan fingerprint density at radius 3 is 2.39 bits per heavy atom. The summed E-state index contributed by atoms with van der Waals surface area (Å²) < 4.78 is 0. The van der Waals surface area contributed by atoms with Gasteiger partial charge in [-0.05, 0) is 27.2 Å². The van der Waals surface area contributed by atoms with Crippen molar-refractivity contribution in [3.8, 4) is 0 Å². The van der Waals surface area contributed by atoms with E-state index in [-0.39, 0.29) is 17.9 Å². The van der Waals surface area contributed by atoms with Crippen LogP contribution >= 0.6 is 0 Å². The molecule has 1 rings (SSSR count). The molecule has 104 valence electrons. The molecule has 1 heterocycles. The highest BCUT2D eigenvalue weighted by atomic mass is 16.2. The molecule has 0 saturated carbocycles. The van der Waals surface area contributed by atoms with E-state index in [9.17, 15) is 9.59 Å². The van der Waals surface area contributed by atoms with Gasteiger partial charge in [-0.1, -0.05) is 32.6 Å². The third-order valence-corrected chi connectivity index (χ3v) is 3.58. The first-order valence-corrected chi connectivity index (χ1v) is 7.03. The maximum Gasteiger partial charge on any atom is 0.248 e. The van der Waals surface area contributed by atoms with E-state index >= 15 is 0 Å². The Hall–Kier alpha value is -1.06. The fourth-order valence-electron chi connectivity index (χ4n) is 2.32. The predicted molar refractivity (Wildman–Crippen MR) is 72.2 cm³/mol. The second kappa shape index (κ2) is 6.21. The summed E-state index contributed by atoms with van der Waals surface area (Å²) in [5.74, 6) is -0.0155. The molecule has 1 saturated heterocycles. The molecule has 1 unspecified atom stereocenters. The van der Waals surface area contributed by atoms with Crippen molar-refractivity contribution in [2.45, 2.75) is 71.4 Å². The van der Waals surface area contributed by atoms with Crippen LogP contribution < -0.4 is 5.32 Å². The zero-order valence-electron chi connectivity index (χ0n) is 12.1. The van der Waals surface area contributed by atoms with Crippen LogP contribution in [0.4, 0.5) is 0 Å². The Morgan fingerprint density at radius 2 is 1.78 bits per heavy atom. The lowest BCUT2D eigenvalue weighted by atomic mass is 9.97. The van der Waals surface area contributed by atoms with Gasteiger partial charge < -0.3 is 10.2 Å². The molecule has 4 nitrogen and oxygen atoms in total. The lowest BCUT2D eigenvalue weighted by Gasteiger charge is -2.41. The Balaban J connectivity index is 2.50. The van der Waals surface area contributed by atoms with Crippen LogP contribution in [0.2, 0.25) is 0 Å². The van der Waals surface area contributed by atoms with Gasteiger partial charge in [0.05, 0.1) is 0 Å². The molecule has 18 heavy (non-hydrogen) atoms. The number of carbonyl (C=O) groups is 2. The number of rotatable bonds is 6. The Bertz CT molecular complexity index is 313. The van der Waals surface area contributed by atoms with E-state index in [0.29, 0.717) is 6.54 Å². The minimum atomic E-state index is -0.757. The van der Waals surface area contributed by atoms with Crippen molar-refractivity contribution < 1.29 is 9.59 Å². The van der Waals surface area contributed by atoms with Gasteiger partial charge in [-0.2, -0.15) is 0 Å². The first-order valence-electron chi connectivity index (χ1n) is 7.03. The summed E-state index contributed by atoms with van der Waals surface area (Å²) in [5.41, 5.74) is -0.757. The lowest BCUT2D eigenvalue weighted by molar-refractivity contribution is -0.152. The van der Waals surface area contributed by atoms with Crippen molar-refractivity contribution in [1.29, 1.82) is 0 Å². The molecular formula is C14H26N2O2. The highest BCUT2D eigenvalue weighted by Gasteiger charge is 2.42. The van der Waals surface area contributed by atoms with Gasteiger partial charge in [0, 0.05) is 6.54 Å². The SMILES string of the molecule is CCCCCCCN1C(=O)C(C)(C)NC(=O)C1C. The topological polar surface area (TPSA) is 49.4 Å². The number of carbonyl (C=O) groups excluding carboxylic acids is 2. The molecule has 0 aliphatic carbocycles. The fourth-order valence-corrected chi connectivity index (χ4v) is 2.32. The van der Waals surface area contributed by atoms with E-state index in [2.05, 4.69) is 12.2 Å². The molecule has 0 aromatic carbocycles. The van der Waals surface area contributed by atoms with E-state index in [0.717, 1.165) is 12.8 Å². The lowest BCUT2D eigenvalue weighted by Crippen LogP contribution is -2.67. The summed E-state index contributed by atoms with van der Waals surface area (Å²) in [5, 5.41) is 2.77. The molecule has 1 fully saturated rings. The molecule has 1 aliphatic heterocycles. The van der Waals surface area contributed by atoms with Crippen LogP contribution in [0.1, 0.15) is 59.8 Å². The standard InChI is InChI=1S/C14H26N2O2/c1-5-6-7-8-9-10-16-11(2)12(17)15-14(3,4)13(16)18/h11H,5-10H2,1-4H3,(H,15,17). The molecule has 0 radical (unpaired) electrons. The van der Waals surface area contributed by atoms with Crippen molar-refractivity contribution >= 4 is 11.8 Å². The number of amides is 2. The summed E-state index contributed by atoms with van der Waals surface area (Å²) in [7, 11) is 0. The summed E-state index contributed by atoms with van der Waals surface area (Å²) in [6.45, 7) is 8.21. The van der Waals surface area contributed by atoms with Gasteiger partial charge in [0.15, 0.2) is 0 Å². The van der Waals surface area contributed by atoms with E-state index in [1.807, 2.05) is 0 Å². The minimum Gasteiger partial charge on any atom is -0.340 e. The number of hydrogen-bond donors (Lipinski definition) is 1. The van der Waals surface area contributed by atoms with Crippen molar-refractivity contribution in [2.75, 3.05) is 6.54 Å². The molecule has 0 spiro atoms. The molecule has 0 aromatic heterocycles. The number of nitrogens with zero attached hydrogens (tertiary/aromatic N) is 1. The van der Waals surface area contributed by atoms with Crippen molar-refractivity contribution in [1.82, 2.24) is 10.2 Å². The Labute approximate surface area is 110 Å². The highest BCUT2D eigenvalue weighted by molar-refractivity contribution is 5.99. The molecule has 0 aromatic rings. The van der Waals surface area contributed by atoms with Crippen molar-refractivity contribution in [3.05, 3.63) is 0 Å². The van der Waals surface area contributed by atoms with Crippen LogP contribution in [0, 0.1) is 0 Å². The molecule has 2 amide bonds. The Kier molecular flexibility index (Phi) is 5.17. The minimum absolute atomic E-state index is 0.0325. The molecule has 4 heteroatoms. The summed E-state index contributed by atoms with van der Waals surface area (Å²) >= 11 is 0. The maximum atomic E-state index is 12.2. The van der Waals surface area contributed by atoms with Crippen LogP contribution in [0.15, 0.2) is 0 Å². The van der Waals surface area contributed by atoms with Crippen LogP contribution in [0.25, 0.3) is 0 Å². The average Bonchev–Trinajstić information content (AvgIpc) is 2.30. The third-order valence-electron chi connectivity index (χ3n) is 3.58. The molecule has 0 bridgehead atoms. The summed E-state index contributed by atoms with van der Waals surface area (Å²) in [4.78, 5) is 25.8. The van der Waals surface area contributed by atoms with E-state index in [1.54, 1.807) is 25.7 Å². The number of nitrogens with one attached hydrogen (secondary N) is 1. The van der Waals surface area contributed by atoms with Gasteiger partial charge in [-0.25, -0.2) is 0 Å². The van der Waals surface area contributed by atoms with Gasteiger partial charge in [-0.15, -0.1) is 0 Å². The fraction of sp³-hybridized carbons (Fsp3) is 0.857. The zero-order chi connectivity index (χ0) is 13.8. The summed E-state index contributed by atoms with van der Waals surface area (Å²) in [6, 6.07) is -0.336. The van der Waals surface area contributed by atoms with Gasteiger partial charge in [0.1, 0.15) is 11.6 Å². The quantitative estimate of drug-likeness (QED) is 0.738. The number of unbranched alkanes of at least 4 members (excludes halogenated alkanes) is 4. The first kappa shape index (κ1) is 15.0. The van der Waals surface area contributed by atoms with Gasteiger partial charge in [-0.3, -0.25) is 9.59 Å². The Morgan fingerprint density at radius 1 is 1.17 bits per heavy atom. The third kappa shape index (κ3) is 3.47. The first-order chi connectivity index (χ1) is 8.40.